The van der Waals surface area contributed by atoms with E-state index < -0.39 is 6.04 Å². The number of hydrogen-bond donors (Lipinski definition) is 1. The van der Waals surface area contributed by atoms with Gasteiger partial charge in [-0.1, -0.05) is 30.3 Å². The van der Waals surface area contributed by atoms with E-state index in [2.05, 4.69) is 9.88 Å². The molecule has 3 heterocycles. The first kappa shape index (κ1) is 22.9. The monoisotopic (exact) mass is 473 g/mol. The number of para-hydroxylation sites is 1. The van der Waals surface area contributed by atoms with Crippen LogP contribution >= 0.6 is 0 Å². The third-order valence-electron chi connectivity index (χ3n) is 6.31. The van der Waals surface area contributed by atoms with Crippen LogP contribution in [0.5, 0.6) is 0 Å². The van der Waals surface area contributed by atoms with Crippen LogP contribution in [0.25, 0.3) is 11.5 Å². The predicted octanol–water partition coefficient (Wildman–Crippen LogP) is 4.76. The summed E-state index contributed by atoms with van der Waals surface area (Å²) in [6.07, 6.45) is 2.67. The summed E-state index contributed by atoms with van der Waals surface area (Å²) in [5.41, 5.74) is 4.27. The molecule has 1 N–H and O–H groups in total. The van der Waals surface area contributed by atoms with Gasteiger partial charge in [-0.3, -0.25) is 0 Å². The Balaban J connectivity index is 1.66. The summed E-state index contributed by atoms with van der Waals surface area (Å²) in [5, 5.41) is 7.85. The molecule has 0 spiro atoms. The average Bonchev–Trinajstić information content (AvgIpc) is 3.42. The summed E-state index contributed by atoms with van der Waals surface area (Å²) in [4.78, 5) is 15.3. The van der Waals surface area contributed by atoms with Gasteiger partial charge in [0, 0.05) is 32.0 Å². The lowest BCUT2D eigenvalue weighted by Crippen LogP contribution is -2.42. The SMILES string of the molecule is COCCCNC(=O)N1Cc2c(C)nn(-c3ccccc3)c2-n2cccc2[C@H]1c1cccc(F)c1. The minimum absolute atomic E-state index is 0.220. The highest BCUT2D eigenvalue weighted by molar-refractivity contribution is 5.76. The number of nitrogens with zero attached hydrogens (tertiary/aromatic N) is 4. The van der Waals surface area contributed by atoms with Crippen molar-refractivity contribution >= 4 is 6.03 Å². The normalized spacial score (nSPS) is 14.8. The highest BCUT2D eigenvalue weighted by Gasteiger charge is 2.36. The van der Waals surface area contributed by atoms with E-state index in [1.165, 1.54) is 12.1 Å². The van der Waals surface area contributed by atoms with E-state index in [1.54, 1.807) is 18.1 Å². The molecule has 7 nitrogen and oxygen atoms in total. The topological polar surface area (TPSA) is 64.3 Å². The van der Waals surface area contributed by atoms with Crippen molar-refractivity contribution in [2.45, 2.75) is 25.9 Å². The van der Waals surface area contributed by atoms with Crippen LogP contribution in [0.2, 0.25) is 0 Å². The average molecular weight is 474 g/mol. The Kier molecular flexibility index (Phi) is 6.37. The smallest absolute Gasteiger partial charge is 0.318 e. The van der Waals surface area contributed by atoms with Crippen molar-refractivity contribution in [3.63, 3.8) is 0 Å². The third kappa shape index (κ3) is 4.33. The maximum absolute atomic E-state index is 14.3. The van der Waals surface area contributed by atoms with Gasteiger partial charge in [-0.15, -0.1) is 0 Å². The van der Waals surface area contributed by atoms with Crippen molar-refractivity contribution in [3.8, 4) is 11.5 Å². The van der Waals surface area contributed by atoms with Crippen LogP contribution in [-0.4, -0.2) is 45.5 Å². The molecule has 0 radical (unpaired) electrons. The molecule has 35 heavy (non-hydrogen) atoms. The van der Waals surface area contributed by atoms with Crippen LogP contribution in [0, 0.1) is 12.7 Å². The zero-order chi connectivity index (χ0) is 24.4. The Bertz CT molecular complexity index is 1330. The molecule has 0 saturated carbocycles. The van der Waals surface area contributed by atoms with Gasteiger partial charge in [0.25, 0.3) is 0 Å². The lowest BCUT2D eigenvalue weighted by molar-refractivity contribution is 0.174. The predicted molar refractivity (Wildman–Crippen MR) is 131 cm³/mol. The molecule has 0 fully saturated rings. The molecule has 4 aromatic rings. The molecule has 180 valence electrons. The van der Waals surface area contributed by atoms with Crippen molar-refractivity contribution < 1.29 is 13.9 Å². The first-order valence-electron chi connectivity index (χ1n) is 11.7. The molecule has 2 aromatic carbocycles. The fourth-order valence-electron chi connectivity index (χ4n) is 4.69. The van der Waals surface area contributed by atoms with Crippen LogP contribution in [0.1, 0.15) is 35.0 Å². The molecule has 0 bridgehead atoms. The zero-order valence-corrected chi connectivity index (χ0v) is 19.8. The Morgan fingerprint density at radius 1 is 1.14 bits per heavy atom. The number of fused-ring (bicyclic) bond motifs is 3. The molecule has 0 unspecified atom stereocenters. The van der Waals surface area contributed by atoms with Crippen LogP contribution in [0.3, 0.4) is 0 Å². The van der Waals surface area contributed by atoms with E-state index in [0.717, 1.165) is 28.5 Å². The van der Waals surface area contributed by atoms with Gasteiger partial charge in [-0.05, 0) is 55.3 Å². The van der Waals surface area contributed by atoms with E-state index in [9.17, 15) is 9.18 Å². The van der Waals surface area contributed by atoms with Gasteiger partial charge in [0.2, 0.25) is 0 Å². The second-order valence-corrected chi connectivity index (χ2v) is 8.60. The van der Waals surface area contributed by atoms with Gasteiger partial charge in [0.15, 0.2) is 0 Å². The lowest BCUT2D eigenvalue weighted by Gasteiger charge is -2.31. The van der Waals surface area contributed by atoms with Gasteiger partial charge in [-0.25, -0.2) is 13.9 Å². The van der Waals surface area contributed by atoms with Crippen LogP contribution in [0.15, 0.2) is 72.9 Å². The number of ether oxygens (including phenoxy) is 1. The van der Waals surface area contributed by atoms with Gasteiger partial charge >= 0.3 is 6.03 Å². The first-order chi connectivity index (χ1) is 17.1. The number of carbonyl (C=O) groups is 1. The maximum atomic E-state index is 14.3. The minimum atomic E-state index is -0.487. The molecule has 1 aliphatic rings. The van der Waals surface area contributed by atoms with Crippen molar-refractivity contribution in [1.82, 2.24) is 24.6 Å². The van der Waals surface area contributed by atoms with E-state index in [1.807, 2.05) is 66.3 Å². The molecule has 2 amide bonds. The molecular formula is C27H28FN5O2. The Hall–Kier alpha value is -3.91. The number of aromatic nitrogens is 3. The number of carbonyl (C=O) groups excluding carboxylic acids is 1. The lowest BCUT2D eigenvalue weighted by atomic mass is 10.0. The largest absolute Gasteiger partial charge is 0.385 e. The van der Waals surface area contributed by atoms with Crippen molar-refractivity contribution in [2.75, 3.05) is 20.3 Å². The Morgan fingerprint density at radius 3 is 2.74 bits per heavy atom. The Labute approximate surface area is 203 Å². The van der Waals surface area contributed by atoms with Gasteiger partial charge < -0.3 is 19.5 Å². The first-order valence-corrected chi connectivity index (χ1v) is 11.7. The van der Waals surface area contributed by atoms with Gasteiger partial charge in [0.05, 0.1) is 29.7 Å². The quantitative estimate of drug-likeness (QED) is 0.411. The second-order valence-electron chi connectivity index (χ2n) is 8.60. The van der Waals surface area contributed by atoms with Crippen LogP contribution in [0.4, 0.5) is 9.18 Å². The van der Waals surface area contributed by atoms with Crippen molar-refractivity contribution in [2.24, 2.45) is 0 Å². The number of amides is 2. The molecule has 8 heteroatoms. The highest BCUT2D eigenvalue weighted by Crippen LogP contribution is 2.38. The molecule has 1 aliphatic heterocycles. The number of rotatable bonds is 6. The summed E-state index contributed by atoms with van der Waals surface area (Å²) in [5.74, 6) is 0.541. The van der Waals surface area contributed by atoms with Crippen LogP contribution < -0.4 is 5.32 Å². The number of urea groups is 1. The summed E-state index contributed by atoms with van der Waals surface area (Å²) in [6, 6.07) is 19.6. The number of hydrogen-bond acceptors (Lipinski definition) is 3. The standard InChI is InChI=1S/C27H28FN5O2/c1-19-23-18-32(27(34)29-14-8-16-35-2)25(20-9-6-10-21(28)17-20)24-13-7-15-31(24)26(23)33(30-19)22-11-4-3-5-12-22/h3-7,9-13,15,17,25H,8,14,16,18H2,1-2H3,(H,29,34)/t25-/m1/s1. The summed E-state index contributed by atoms with van der Waals surface area (Å²) >= 11 is 0. The van der Waals surface area contributed by atoms with Crippen molar-refractivity contribution in [3.05, 3.63) is 101 Å². The second kappa shape index (κ2) is 9.76. The molecule has 0 aliphatic carbocycles. The van der Waals surface area contributed by atoms with Gasteiger partial charge in [-0.2, -0.15) is 5.10 Å². The highest BCUT2D eigenvalue weighted by atomic mass is 19.1. The fraction of sp³-hybridized carbons (Fsp3) is 0.259. The minimum Gasteiger partial charge on any atom is -0.385 e. The zero-order valence-electron chi connectivity index (χ0n) is 19.8. The number of methoxy groups -OCH3 is 1. The van der Waals surface area contributed by atoms with Gasteiger partial charge in [0.1, 0.15) is 11.6 Å². The summed E-state index contributed by atoms with van der Waals surface area (Å²) in [6.45, 7) is 3.32. The number of benzene rings is 2. The molecule has 2 aromatic heterocycles. The molecular weight excluding hydrogens is 445 g/mol. The van der Waals surface area contributed by atoms with E-state index in [4.69, 9.17) is 9.84 Å². The number of halogens is 1. The maximum Gasteiger partial charge on any atom is 0.318 e. The molecule has 5 rings (SSSR count). The number of nitrogens with one attached hydrogen (secondary N) is 1. The van der Waals surface area contributed by atoms with E-state index >= 15 is 0 Å². The Morgan fingerprint density at radius 2 is 1.97 bits per heavy atom. The van der Waals surface area contributed by atoms with Crippen molar-refractivity contribution in [1.29, 1.82) is 0 Å². The third-order valence-corrected chi connectivity index (χ3v) is 6.31. The summed E-state index contributed by atoms with van der Waals surface area (Å²) in [7, 11) is 1.64. The molecule has 0 saturated heterocycles. The summed E-state index contributed by atoms with van der Waals surface area (Å²) < 4.78 is 23.4. The number of aryl methyl sites for hydroxylation is 1. The fourth-order valence-corrected chi connectivity index (χ4v) is 4.69. The van der Waals surface area contributed by atoms with E-state index in [0.29, 0.717) is 31.7 Å². The molecule has 1 atom stereocenters. The van der Waals surface area contributed by atoms with E-state index in [-0.39, 0.29) is 11.8 Å². The van der Waals surface area contributed by atoms with Crippen LogP contribution in [-0.2, 0) is 11.3 Å².